The molecule has 1 saturated heterocycles. The van der Waals surface area contributed by atoms with E-state index in [2.05, 4.69) is 16.3 Å². The molecule has 1 aromatic carbocycles. The highest BCUT2D eigenvalue weighted by Crippen LogP contribution is 2.30. The molecule has 130 valence electrons. The predicted octanol–water partition coefficient (Wildman–Crippen LogP) is 3.00. The van der Waals surface area contributed by atoms with E-state index in [1.807, 2.05) is 30.3 Å². The molecule has 6 heteroatoms. The number of benzene rings is 1. The Morgan fingerprint density at radius 1 is 1.32 bits per heavy atom. The van der Waals surface area contributed by atoms with Gasteiger partial charge in [-0.05, 0) is 48.9 Å². The molecule has 1 amide bonds. The monoisotopic (exact) mass is 355 g/mol. The molecule has 3 rings (SSSR count). The van der Waals surface area contributed by atoms with Crippen molar-refractivity contribution in [2.24, 2.45) is 5.92 Å². The van der Waals surface area contributed by atoms with Crippen LogP contribution in [0.4, 0.5) is 5.00 Å². The lowest BCUT2D eigenvalue weighted by molar-refractivity contribution is -0.117. The van der Waals surface area contributed by atoms with Gasteiger partial charge < -0.3 is 10.4 Å². The number of hydrogen-bond acceptors (Lipinski definition) is 5. The van der Waals surface area contributed by atoms with E-state index in [1.165, 1.54) is 11.3 Å². The molecule has 1 aliphatic rings. The van der Waals surface area contributed by atoms with Gasteiger partial charge >= 0.3 is 0 Å². The number of likely N-dealkylation sites (tertiary alicyclic amines) is 1. The lowest BCUT2D eigenvalue weighted by atomic mass is 9.87. The number of anilines is 1. The zero-order valence-corrected chi connectivity index (χ0v) is 14.7. The van der Waals surface area contributed by atoms with Crippen LogP contribution in [-0.2, 0) is 4.79 Å². The Hall–Kier alpha value is -2.20. The molecule has 25 heavy (non-hydrogen) atoms. The zero-order valence-electron chi connectivity index (χ0n) is 13.9. The number of carbonyl (C=O) groups is 1. The molecule has 0 spiro atoms. The molecule has 1 aromatic heterocycles. The minimum absolute atomic E-state index is 0.0963. The smallest absolute Gasteiger partial charge is 0.239 e. The van der Waals surface area contributed by atoms with Gasteiger partial charge in [0.25, 0.3) is 0 Å². The van der Waals surface area contributed by atoms with Crippen LogP contribution in [0.5, 0.6) is 0 Å². The maximum absolute atomic E-state index is 12.2. The Morgan fingerprint density at radius 2 is 2.04 bits per heavy atom. The number of piperidine rings is 1. The Labute approximate surface area is 151 Å². The second-order valence-corrected chi connectivity index (χ2v) is 7.21. The van der Waals surface area contributed by atoms with Crippen LogP contribution >= 0.6 is 11.3 Å². The Kier molecular flexibility index (Phi) is 5.82. The zero-order chi connectivity index (χ0) is 17.6. The van der Waals surface area contributed by atoms with Gasteiger partial charge in [-0.3, -0.25) is 9.69 Å². The summed E-state index contributed by atoms with van der Waals surface area (Å²) >= 11 is 1.36. The number of carbonyl (C=O) groups excluding carboxylic acids is 1. The van der Waals surface area contributed by atoms with Gasteiger partial charge in [0.15, 0.2) is 0 Å². The largest absolute Gasteiger partial charge is 0.388 e. The van der Waals surface area contributed by atoms with Crippen LogP contribution in [0.3, 0.4) is 0 Å². The first-order valence-electron chi connectivity index (χ1n) is 8.40. The van der Waals surface area contributed by atoms with Crippen molar-refractivity contribution >= 4 is 22.2 Å². The fourth-order valence-electron chi connectivity index (χ4n) is 3.21. The van der Waals surface area contributed by atoms with Gasteiger partial charge in [0.1, 0.15) is 11.1 Å². The molecule has 1 unspecified atom stereocenters. The number of nitrogens with one attached hydrogen (secondary N) is 1. The van der Waals surface area contributed by atoms with Crippen LogP contribution in [-0.4, -0.2) is 35.5 Å². The van der Waals surface area contributed by atoms with Crippen molar-refractivity contribution in [1.29, 1.82) is 5.26 Å². The molecule has 1 atom stereocenters. The van der Waals surface area contributed by atoms with E-state index in [-0.39, 0.29) is 11.8 Å². The standard InChI is InChI=1S/C19H21N3O2S/c20-12-16-8-11-25-19(16)21-17(23)13-22-9-6-15(7-10-22)18(24)14-4-2-1-3-5-14/h1-5,8,11,15,18,24H,6-7,9-10,13H2,(H,21,23). The van der Waals surface area contributed by atoms with Crippen LogP contribution < -0.4 is 5.32 Å². The fourth-order valence-corrected chi connectivity index (χ4v) is 3.97. The molecular formula is C19H21N3O2S. The van der Waals surface area contributed by atoms with Crippen molar-refractivity contribution in [3.8, 4) is 6.07 Å². The number of thiophene rings is 1. The van der Waals surface area contributed by atoms with Gasteiger partial charge in [0.05, 0.1) is 18.2 Å². The number of rotatable bonds is 5. The average Bonchev–Trinajstić information content (AvgIpc) is 3.09. The molecule has 1 aliphatic heterocycles. The molecule has 2 N–H and O–H groups in total. The summed E-state index contributed by atoms with van der Waals surface area (Å²) in [6, 6.07) is 13.5. The number of amides is 1. The lowest BCUT2D eigenvalue weighted by Crippen LogP contribution is -2.40. The molecular weight excluding hydrogens is 334 g/mol. The van der Waals surface area contributed by atoms with E-state index in [9.17, 15) is 9.90 Å². The van der Waals surface area contributed by atoms with Gasteiger partial charge in [-0.1, -0.05) is 30.3 Å². The summed E-state index contributed by atoms with van der Waals surface area (Å²) in [7, 11) is 0. The summed E-state index contributed by atoms with van der Waals surface area (Å²) in [4.78, 5) is 14.3. The number of aliphatic hydroxyl groups excluding tert-OH is 1. The molecule has 2 heterocycles. The molecule has 2 aromatic rings. The molecule has 0 bridgehead atoms. The van der Waals surface area contributed by atoms with E-state index in [4.69, 9.17) is 5.26 Å². The first-order valence-corrected chi connectivity index (χ1v) is 9.28. The van der Waals surface area contributed by atoms with Crippen LogP contribution in [0.2, 0.25) is 0 Å². The predicted molar refractivity (Wildman–Crippen MR) is 98.2 cm³/mol. The molecule has 0 aliphatic carbocycles. The van der Waals surface area contributed by atoms with Crippen molar-refractivity contribution in [3.63, 3.8) is 0 Å². The van der Waals surface area contributed by atoms with Gasteiger partial charge in [0.2, 0.25) is 5.91 Å². The van der Waals surface area contributed by atoms with Crippen molar-refractivity contribution in [3.05, 3.63) is 52.9 Å². The van der Waals surface area contributed by atoms with Crippen molar-refractivity contribution in [2.75, 3.05) is 25.0 Å². The highest BCUT2D eigenvalue weighted by atomic mass is 32.1. The van der Waals surface area contributed by atoms with E-state index in [1.54, 1.807) is 11.4 Å². The summed E-state index contributed by atoms with van der Waals surface area (Å²) in [6.45, 7) is 1.89. The van der Waals surface area contributed by atoms with Crippen LogP contribution in [0.1, 0.15) is 30.1 Å². The molecule has 0 saturated carbocycles. The number of aliphatic hydroxyl groups is 1. The fraction of sp³-hybridized carbons (Fsp3) is 0.368. The van der Waals surface area contributed by atoms with Crippen LogP contribution in [0.15, 0.2) is 41.8 Å². The second kappa shape index (κ2) is 8.26. The highest BCUT2D eigenvalue weighted by Gasteiger charge is 2.27. The average molecular weight is 355 g/mol. The number of nitriles is 1. The lowest BCUT2D eigenvalue weighted by Gasteiger charge is -2.33. The number of nitrogens with zero attached hydrogens (tertiary/aromatic N) is 2. The first-order chi connectivity index (χ1) is 12.2. The Morgan fingerprint density at radius 3 is 2.72 bits per heavy atom. The van der Waals surface area contributed by atoms with Gasteiger partial charge in [-0.15, -0.1) is 11.3 Å². The van der Waals surface area contributed by atoms with Crippen molar-refractivity contribution < 1.29 is 9.90 Å². The van der Waals surface area contributed by atoms with E-state index >= 15 is 0 Å². The summed E-state index contributed by atoms with van der Waals surface area (Å²) in [5.41, 5.74) is 1.46. The second-order valence-electron chi connectivity index (χ2n) is 6.29. The minimum atomic E-state index is -0.443. The molecule has 0 radical (unpaired) electrons. The van der Waals surface area contributed by atoms with E-state index in [0.717, 1.165) is 31.5 Å². The van der Waals surface area contributed by atoms with E-state index < -0.39 is 6.10 Å². The SMILES string of the molecule is N#Cc1ccsc1NC(=O)CN1CCC(C(O)c2ccccc2)CC1. The van der Waals surface area contributed by atoms with E-state index in [0.29, 0.717) is 17.1 Å². The normalized spacial score (nSPS) is 17.0. The third kappa shape index (κ3) is 4.45. The highest BCUT2D eigenvalue weighted by molar-refractivity contribution is 7.14. The van der Waals surface area contributed by atoms with Crippen LogP contribution in [0.25, 0.3) is 0 Å². The molecule has 5 nitrogen and oxygen atoms in total. The van der Waals surface area contributed by atoms with Crippen LogP contribution in [0, 0.1) is 17.2 Å². The first kappa shape index (κ1) is 17.6. The summed E-state index contributed by atoms with van der Waals surface area (Å²) in [5, 5.41) is 24.7. The van der Waals surface area contributed by atoms with Gasteiger partial charge in [-0.2, -0.15) is 5.26 Å². The summed E-state index contributed by atoms with van der Waals surface area (Å²) < 4.78 is 0. The topological polar surface area (TPSA) is 76.4 Å². The quantitative estimate of drug-likeness (QED) is 0.864. The summed E-state index contributed by atoms with van der Waals surface area (Å²) in [5.74, 6) is 0.130. The summed E-state index contributed by atoms with van der Waals surface area (Å²) in [6.07, 6.45) is 1.29. The van der Waals surface area contributed by atoms with Gasteiger partial charge in [0, 0.05) is 0 Å². The van der Waals surface area contributed by atoms with Crippen molar-refractivity contribution in [2.45, 2.75) is 18.9 Å². The Balaban J connectivity index is 1.48. The Bertz CT molecular complexity index is 746. The maximum atomic E-state index is 12.2. The number of hydrogen-bond donors (Lipinski definition) is 2. The third-order valence-corrected chi connectivity index (χ3v) is 5.46. The van der Waals surface area contributed by atoms with Gasteiger partial charge in [-0.25, -0.2) is 0 Å². The molecule has 1 fully saturated rings. The minimum Gasteiger partial charge on any atom is -0.388 e. The maximum Gasteiger partial charge on any atom is 0.239 e. The third-order valence-electron chi connectivity index (χ3n) is 4.63. The van der Waals surface area contributed by atoms with Crippen molar-refractivity contribution in [1.82, 2.24) is 4.90 Å².